The Bertz CT molecular complexity index is 691. The minimum absolute atomic E-state index is 0.0693. The molecule has 0 bridgehead atoms. The number of carbonyl (C=O) groups excluding carboxylic acids is 3. The molecule has 2 aliphatic heterocycles. The average Bonchev–Trinajstić information content (AvgIpc) is 2.72. The van der Waals surface area contributed by atoms with Gasteiger partial charge in [-0.3, -0.25) is 24.6 Å². The molecule has 1 atom stereocenters. The molecule has 122 valence electrons. The van der Waals surface area contributed by atoms with Gasteiger partial charge in [-0.15, -0.1) is 0 Å². The molecule has 0 spiro atoms. The van der Waals surface area contributed by atoms with Gasteiger partial charge in [0.2, 0.25) is 17.7 Å². The number of hydrogen-bond acceptors (Lipinski definition) is 4. The Kier molecular flexibility index (Phi) is 3.62. The highest BCUT2D eigenvalue weighted by atomic mass is 16.2. The van der Waals surface area contributed by atoms with Crippen molar-refractivity contribution in [2.45, 2.75) is 51.6 Å². The fourth-order valence-electron chi connectivity index (χ4n) is 3.13. The third kappa shape index (κ3) is 3.06. The first-order valence-electron chi connectivity index (χ1n) is 7.81. The van der Waals surface area contributed by atoms with E-state index >= 15 is 0 Å². The summed E-state index contributed by atoms with van der Waals surface area (Å²) in [6.07, 6.45) is 0.920. The monoisotopic (exact) mass is 315 g/mol. The summed E-state index contributed by atoms with van der Waals surface area (Å²) >= 11 is 0. The zero-order chi connectivity index (χ0) is 16.8. The number of fused-ring (bicyclic) bond motifs is 1. The first kappa shape index (κ1) is 15.5. The average molecular weight is 315 g/mol. The minimum Gasteiger partial charge on any atom is -0.380 e. The van der Waals surface area contributed by atoms with Crippen LogP contribution in [0.5, 0.6) is 0 Å². The van der Waals surface area contributed by atoms with Gasteiger partial charge >= 0.3 is 0 Å². The van der Waals surface area contributed by atoms with Crippen LogP contribution in [0.2, 0.25) is 0 Å². The molecule has 2 heterocycles. The molecule has 1 fully saturated rings. The highest BCUT2D eigenvalue weighted by Gasteiger charge is 2.39. The predicted octanol–water partition coefficient (Wildman–Crippen LogP) is 1.59. The van der Waals surface area contributed by atoms with Gasteiger partial charge in [0.15, 0.2) is 0 Å². The molecule has 23 heavy (non-hydrogen) atoms. The normalized spacial score (nSPS) is 21.3. The van der Waals surface area contributed by atoms with E-state index in [1.807, 2.05) is 18.2 Å². The number of anilines is 2. The Morgan fingerprint density at radius 2 is 1.96 bits per heavy atom. The SMILES string of the molecule is CC(C)(C)Nc1ccc2c(c1)CC(=O)N2C1CCC(=O)NC1=O. The van der Waals surface area contributed by atoms with Gasteiger partial charge in [-0.05, 0) is 51.0 Å². The van der Waals surface area contributed by atoms with Crippen molar-refractivity contribution in [3.63, 3.8) is 0 Å². The zero-order valence-electron chi connectivity index (χ0n) is 13.6. The van der Waals surface area contributed by atoms with E-state index in [1.54, 1.807) is 0 Å². The highest BCUT2D eigenvalue weighted by Crippen LogP contribution is 2.34. The number of nitrogens with zero attached hydrogens (tertiary/aromatic N) is 1. The molecule has 1 unspecified atom stereocenters. The molecule has 3 rings (SSSR count). The molecule has 0 saturated carbocycles. The number of hydrogen-bond donors (Lipinski definition) is 2. The summed E-state index contributed by atoms with van der Waals surface area (Å²) < 4.78 is 0. The maximum absolute atomic E-state index is 12.4. The van der Waals surface area contributed by atoms with E-state index in [0.29, 0.717) is 6.42 Å². The second-order valence-corrected chi connectivity index (χ2v) is 7.13. The topological polar surface area (TPSA) is 78.5 Å². The van der Waals surface area contributed by atoms with E-state index in [1.165, 1.54) is 4.90 Å². The van der Waals surface area contributed by atoms with Crippen molar-refractivity contribution in [1.82, 2.24) is 5.32 Å². The summed E-state index contributed by atoms with van der Waals surface area (Å²) in [5.74, 6) is -0.760. The fraction of sp³-hybridized carbons (Fsp3) is 0.471. The predicted molar refractivity (Wildman–Crippen MR) is 87.2 cm³/mol. The lowest BCUT2D eigenvalue weighted by molar-refractivity contribution is -0.135. The molecule has 6 heteroatoms. The molecule has 0 radical (unpaired) electrons. The van der Waals surface area contributed by atoms with Gasteiger partial charge in [0.25, 0.3) is 0 Å². The second kappa shape index (κ2) is 5.37. The number of piperidine rings is 1. The van der Waals surface area contributed by atoms with E-state index in [9.17, 15) is 14.4 Å². The molecular formula is C17H21N3O3. The van der Waals surface area contributed by atoms with Gasteiger partial charge < -0.3 is 5.32 Å². The molecule has 1 aromatic rings. The lowest BCUT2D eigenvalue weighted by Gasteiger charge is -2.30. The molecule has 1 saturated heterocycles. The minimum atomic E-state index is -0.595. The van der Waals surface area contributed by atoms with Gasteiger partial charge in [-0.2, -0.15) is 0 Å². The lowest BCUT2D eigenvalue weighted by atomic mass is 10.0. The fourth-order valence-corrected chi connectivity index (χ4v) is 3.13. The summed E-state index contributed by atoms with van der Waals surface area (Å²) in [4.78, 5) is 37.3. The van der Waals surface area contributed by atoms with Crippen molar-refractivity contribution < 1.29 is 14.4 Å². The van der Waals surface area contributed by atoms with Crippen LogP contribution in [-0.2, 0) is 20.8 Å². The Hall–Kier alpha value is -2.37. The quantitative estimate of drug-likeness (QED) is 0.813. The van der Waals surface area contributed by atoms with Crippen LogP contribution >= 0.6 is 0 Å². The largest absolute Gasteiger partial charge is 0.380 e. The number of benzene rings is 1. The van der Waals surface area contributed by atoms with E-state index in [0.717, 1.165) is 16.9 Å². The third-order valence-corrected chi connectivity index (χ3v) is 3.99. The van der Waals surface area contributed by atoms with Crippen molar-refractivity contribution in [2.24, 2.45) is 0 Å². The molecule has 6 nitrogen and oxygen atoms in total. The van der Waals surface area contributed by atoms with Gasteiger partial charge in [0.1, 0.15) is 6.04 Å². The summed E-state index contributed by atoms with van der Waals surface area (Å²) in [5, 5.41) is 5.70. The van der Waals surface area contributed by atoms with Crippen molar-refractivity contribution in [3.05, 3.63) is 23.8 Å². The van der Waals surface area contributed by atoms with Gasteiger partial charge in [-0.25, -0.2) is 0 Å². The Balaban J connectivity index is 1.88. The molecule has 2 N–H and O–H groups in total. The van der Waals surface area contributed by atoms with E-state index in [4.69, 9.17) is 0 Å². The maximum Gasteiger partial charge on any atom is 0.249 e. The third-order valence-electron chi connectivity index (χ3n) is 3.99. The van der Waals surface area contributed by atoms with Crippen molar-refractivity contribution in [1.29, 1.82) is 0 Å². The van der Waals surface area contributed by atoms with Crippen LogP contribution < -0.4 is 15.5 Å². The van der Waals surface area contributed by atoms with E-state index < -0.39 is 6.04 Å². The number of carbonyl (C=O) groups is 3. The lowest BCUT2D eigenvalue weighted by Crippen LogP contribution is -2.53. The van der Waals surface area contributed by atoms with Crippen LogP contribution in [0.3, 0.4) is 0 Å². The smallest absolute Gasteiger partial charge is 0.249 e. The Morgan fingerprint density at radius 3 is 2.61 bits per heavy atom. The van der Waals surface area contributed by atoms with Crippen molar-refractivity contribution >= 4 is 29.1 Å². The number of imide groups is 1. The molecule has 1 aromatic carbocycles. The van der Waals surface area contributed by atoms with Crippen LogP contribution in [-0.4, -0.2) is 29.3 Å². The summed E-state index contributed by atoms with van der Waals surface area (Å²) in [5.41, 5.74) is 2.56. The van der Waals surface area contributed by atoms with Crippen LogP contribution in [0, 0.1) is 0 Å². The molecule has 0 aromatic heterocycles. The van der Waals surface area contributed by atoms with Gasteiger partial charge in [-0.1, -0.05) is 0 Å². The molecular weight excluding hydrogens is 294 g/mol. The Morgan fingerprint density at radius 1 is 1.22 bits per heavy atom. The van der Waals surface area contributed by atoms with Gasteiger partial charge in [0.05, 0.1) is 6.42 Å². The van der Waals surface area contributed by atoms with E-state index in [-0.39, 0.29) is 36.1 Å². The maximum atomic E-state index is 12.4. The number of rotatable bonds is 2. The first-order chi connectivity index (χ1) is 10.7. The second-order valence-electron chi connectivity index (χ2n) is 7.13. The van der Waals surface area contributed by atoms with E-state index in [2.05, 4.69) is 31.4 Å². The highest BCUT2D eigenvalue weighted by molar-refractivity contribution is 6.10. The zero-order valence-corrected chi connectivity index (χ0v) is 13.6. The summed E-state index contributed by atoms with van der Waals surface area (Å²) in [6.45, 7) is 6.21. The van der Waals surface area contributed by atoms with Crippen molar-refractivity contribution in [3.8, 4) is 0 Å². The number of nitrogens with one attached hydrogen (secondary N) is 2. The summed E-state index contributed by atoms with van der Waals surface area (Å²) in [7, 11) is 0. The van der Waals surface area contributed by atoms with Crippen LogP contribution in [0.25, 0.3) is 0 Å². The molecule has 2 aliphatic rings. The summed E-state index contributed by atoms with van der Waals surface area (Å²) in [6, 6.07) is 5.16. The standard InChI is InChI=1S/C17H21N3O3/c1-17(2,3)19-11-4-5-12-10(8-11)9-15(22)20(12)13-6-7-14(21)18-16(13)23/h4-5,8,13,19H,6-7,9H2,1-3H3,(H,18,21,23). The number of amides is 3. The Labute approximate surface area is 135 Å². The van der Waals surface area contributed by atoms with Gasteiger partial charge in [0, 0.05) is 23.3 Å². The van der Waals surface area contributed by atoms with Crippen LogP contribution in [0.4, 0.5) is 11.4 Å². The van der Waals surface area contributed by atoms with Crippen molar-refractivity contribution in [2.75, 3.05) is 10.2 Å². The van der Waals surface area contributed by atoms with Crippen LogP contribution in [0.15, 0.2) is 18.2 Å². The first-order valence-corrected chi connectivity index (χ1v) is 7.81. The van der Waals surface area contributed by atoms with Crippen LogP contribution in [0.1, 0.15) is 39.2 Å². The molecule has 3 amide bonds. The molecule has 0 aliphatic carbocycles.